The van der Waals surface area contributed by atoms with Crippen molar-refractivity contribution in [2.75, 3.05) is 19.3 Å². The zero-order valence-electron chi connectivity index (χ0n) is 11.7. The third kappa shape index (κ3) is 3.81. The number of furan rings is 1. The molecule has 1 aromatic rings. The minimum Gasteiger partial charge on any atom is -0.465 e. The fourth-order valence-corrected chi connectivity index (χ4v) is 3.47. The molecule has 1 saturated heterocycles. The monoisotopic (exact) mass is 286 g/mol. The van der Waals surface area contributed by atoms with Crippen molar-refractivity contribution in [1.82, 2.24) is 9.62 Å². The topological polar surface area (TPSA) is 62.6 Å². The molecular formula is C13H22N2O3S. The molecule has 0 spiro atoms. The van der Waals surface area contributed by atoms with Crippen molar-refractivity contribution < 1.29 is 12.8 Å². The van der Waals surface area contributed by atoms with E-state index in [2.05, 4.69) is 12.2 Å². The van der Waals surface area contributed by atoms with Crippen LogP contribution in [0.2, 0.25) is 0 Å². The Morgan fingerprint density at radius 2 is 2.21 bits per heavy atom. The van der Waals surface area contributed by atoms with Crippen LogP contribution in [0.5, 0.6) is 0 Å². The standard InChI is InChI=1S/C13H22N2O3S/c1-10-9-15(19(3,16)17)7-6-13(10)14-8-12-5-4-11(2)18-12/h4-5,10,13-14H,6-9H2,1-3H3. The van der Waals surface area contributed by atoms with Crippen molar-refractivity contribution in [2.45, 2.75) is 32.9 Å². The van der Waals surface area contributed by atoms with E-state index in [4.69, 9.17) is 4.42 Å². The van der Waals surface area contributed by atoms with Gasteiger partial charge in [-0.25, -0.2) is 12.7 Å². The number of sulfonamides is 1. The largest absolute Gasteiger partial charge is 0.465 e. The van der Waals surface area contributed by atoms with Crippen LogP contribution < -0.4 is 5.32 Å². The number of piperidine rings is 1. The van der Waals surface area contributed by atoms with Crippen molar-refractivity contribution in [2.24, 2.45) is 5.92 Å². The first-order valence-electron chi connectivity index (χ1n) is 6.60. The van der Waals surface area contributed by atoms with E-state index in [9.17, 15) is 8.42 Å². The average molecular weight is 286 g/mol. The highest BCUT2D eigenvalue weighted by Gasteiger charge is 2.30. The van der Waals surface area contributed by atoms with Crippen LogP contribution in [-0.4, -0.2) is 38.1 Å². The van der Waals surface area contributed by atoms with Crippen LogP contribution in [0, 0.1) is 12.8 Å². The Kier molecular flexibility index (Phi) is 4.32. The van der Waals surface area contributed by atoms with Gasteiger partial charge in [0.2, 0.25) is 10.0 Å². The first-order valence-corrected chi connectivity index (χ1v) is 8.45. The highest BCUT2D eigenvalue weighted by Crippen LogP contribution is 2.19. The maximum atomic E-state index is 11.5. The molecule has 0 bridgehead atoms. The zero-order chi connectivity index (χ0) is 14.0. The second-order valence-corrected chi connectivity index (χ2v) is 7.37. The molecule has 0 amide bonds. The fraction of sp³-hybridized carbons (Fsp3) is 0.692. The molecule has 5 nitrogen and oxygen atoms in total. The van der Waals surface area contributed by atoms with Gasteiger partial charge in [-0.15, -0.1) is 0 Å². The predicted molar refractivity (Wildman–Crippen MR) is 74.3 cm³/mol. The lowest BCUT2D eigenvalue weighted by Crippen LogP contribution is -2.49. The van der Waals surface area contributed by atoms with Gasteiger partial charge in [-0.1, -0.05) is 6.92 Å². The van der Waals surface area contributed by atoms with E-state index < -0.39 is 10.0 Å². The molecule has 1 N–H and O–H groups in total. The molecule has 0 radical (unpaired) electrons. The van der Waals surface area contributed by atoms with Crippen LogP contribution in [0.25, 0.3) is 0 Å². The van der Waals surface area contributed by atoms with Crippen molar-refractivity contribution in [3.05, 3.63) is 23.7 Å². The van der Waals surface area contributed by atoms with E-state index in [0.29, 0.717) is 31.6 Å². The first kappa shape index (κ1) is 14.6. The summed E-state index contributed by atoms with van der Waals surface area (Å²) in [5.41, 5.74) is 0. The SMILES string of the molecule is Cc1ccc(CNC2CCN(S(C)(=O)=O)CC2C)o1. The summed E-state index contributed by atoms with van der Waals surface area (Å²) >= 11 is 0. The molecule has 0 aromatic carbocycles. The predicted octanol–water partition coefficient (Wildman–Crippen LogP) is 1.35. The molecule has 0 saturated carbocycles. The van der Waals surface area contributed by atoms with Crippen LogP contribution in [-0.2, 0) is 16.6 Å². The van der Waals surface area contributed by atoms with Gasteiger partial charge in [0.1, 0.15) is 11.5 Å². The van der Waals surface area contributed by atoms with Crippen molar-refractivity contribution in [3.8, 4) is 0 Å². The Labute approximate surface area is 115 Å². The molecule has 2 atom stereocenters. The number of aryl methyl sites for hydroxylation is 1. The summed E-state index contributed by atoms with van der Waals surface area (Å²) in [6.07, 6.45) is 2.12. The fourth-order valence-electron chi connectivity index (χ4n) is 2.52. The second kappa shape index (κ2) is 5.64. The normalized spacial score (nSPS) is 25.6. The molecule has 2 unspecified atom stereocenters. The molecule has 108 valence electrons. The second-order valence-electron chi connectivity index (χ2n) is 5.39. The third-order valence-electron chi connectivity index (χ3n) is 3.67. The third-order valence-corrected chi connectivity index (χ3v) is 4.94. The number of hydrogen-bond acceptors (Lipinski definition) is 4. The van der Waals surface area contributed by atoms with Gasteiger partial charge >= 0.3 is 0 Å². The lowest BCUT2D eigenvalue weighted by Gasteiger charge is -2.35. The van der Waals surface area contributed by atoms with Crippen LogP contribution in [0.4, 0.5) is 0 Å². The molecule has 1 aliphatic rings. The van der Waals surface area contributed by atoms with Crippen molar-refractivity contribution in [1.29, 1.82) is 0 Å². The van der Waals surface area contributed by atoms with E-state index >= 15 is 0 Å². The highest BCUT2D eigenvalue weighted by atomic mass is 32.2. The Balaban J connectivity index is 1.86. The Hall–Kier alpha value is -0.850. The zero-order valence-corrected chi connectivity index (χ0v) is 12.5. The maximum absolute atomic E-state index is 11.5. The summed E-state index contributed by atoms with van der Waals surface area (Å²) in [6.45, 7) is 5.90. The van der Waals surface area contributed by atoms with Gasteiger partial charge in [0.25, 0.3) is 0 Å². The van der Waals surface area contributed by atoms with E-state index in [-0.39, 0.29) is 0 Å². The molecule has 2 heterocycles. The number of hydrogen-bond donors (Lipinski definition) is 1. The molecular weight excluding hydrogens is 264 g/mol. The van der Waals surface area contributed by atoms with Crippen LogP contribution >= 0.6 is 0 Å². The summed E-state index contributed by atoms with van der Waals surface area (Å²) in [4.78, 5) is 0. The molecule has 1 aromatic heterocycles. The summed E-state index contributed by atoms with van der Waals surface area (Å²) in [7, 11) is -3.06. The van der Waals surface area contributed by atoms with Gasteiger partial charge in [0, 0.05) is 19.1 Å². The van der Waals surface area contributed by atoms with Crippen LogP contribution in [0.3, 0.4) is 0 Å². The maximum Gasteiger partial charge on any atom is 0.211 e. The van der Waals surface area contributed by atoms with Crippen molar-refractivity contribution >= 4 is 10.0 Å². The highest BCUT2D eigenvalue weighted by molar-refractivity contribution is 7.88. The Bertz CT molecular complexity index is 524. The van der Waals surface area contributed by atoms with E-state index in [1.54, 1.807) is 4.31 Å². The quantitative estimate of drug-likeness (QED) is 0.907. The van der Waals surface area contributed by atoms with E-state index in [0.717, 1.165) is 17.9 Å². The molecule has 6 heteroatoms. The lowest BCUT2D eigenvalue weighted by atomic mass is 9.95. The minimum atomic E-state index is -3.06. The summed E-state index contributed by atoms with van der Waals surface area (Å²) < 4.78 is 30.1. The number of rotatable bonds is 4. The minimum absolute atomic E-state index is 0.305. The van der Waals surface area contributed by atoms with Crippen LogP contribution in [0.15, 0.2) is 16.5 Å². The average Bonchev–Trinajstić information content (AvgIpc) is 2.72. The summed E-state index contributed by atoms with van der Waals surface area (Å²) in [5, 5.41) is 3.46. The molecule has 1 fully saturated rings. The molecule has 1 aliphatic heterocycles. The number of nitrogens with one attached hydrogen (secondary N) is 1. The van der Waals surface area contributed by atoms with E-state index in [1.165, 1.54) is 6.26 Å². The van der Waals surface area contributed by atoms with Gasteiger partial charge in [0.05, 0.1) is 12.8 Å². The molecule has 2 rings (SSSR count). The Morgan fingerprint density at radius 3 is 2.74 bits per heavy atom. The Morgan fingerprint density at radius 1 is 1.47 bits per heavy atom. The molecule has 19 heavy (non-hydrogen) atoms. The van der Waals surface area contributed by atoms with Gasteiger partial charge in [-0.3, -0.25) is 0 Å². The summed E-state index contributed by atoms with van der Waals surface area (Å²) in [5.74, 6) is 2.14. The summed E-state index contributed by atoms with van der Waals surface area (Å²) in [6, 6.07) is 4.26. The number of nitrogens with zero attached hydrogens (tertiary/aromatic N) is 1. The molecule has 0 aliphatic carbocycles. The van der Waals surface area contributed by atoms with Gasteiger partial charge in [-0.2, -0.15) is 0 Å². The smallest absolute Gasteiger partial charge is 0.211 e. The van der Waals surface area contributed by atoms with Gasteiger partial charge in [-0.05, 0) is 31.4 Å². The van der Waals surface area contributed by atoms with Crippen molar-refractivity contribution in [3.63, 3.8) is 0 Å². The van der Waals surface area contributed by atoms with Gasteiger partial charge in [0.15, 0.2) is 0 Å². The van der Waals surface area contributed by atoms with Gasteiger partial charge < -0.3 is 9.73 Å². The van der Waals surface area contributed by atoms with Crippen LogP contribution in [0.1, 0.15) is 24.9 Å². The first-order chi connectivity index (χ1) is 8.86. The van der Waals surface area contributed by atoms with E-state index in [1.807, 2.05) is 19.1 Å². The lowest BCUT2D eigenvalue weighted by molar-refractivity contribution is 0.216.